The first-order chi connectivity index (χ1) is 16.4. The Balaban J connectivity index is 1.02. The lowest BCUT2D eigenvalue weighted by atomic mass is 9.81. The Labute approximate surface area is 198 Å². The minimum atomic E-state index is -4.41. The number of hydrogen-bond acceptors (Lipinski definition) is 3. The lowest BCUT2D eigenvalue weighted by molar-refractivity contribution is -0.137. The summed E-state index contributed by atoms with van der Waals surface area (Å²) in [5.41, 5.74) is 1.94. The number of carbonyl (C=O) groups is 1. The molecule has 3 heterocycles. The zero-order valence-electron chi connectivity index (χ0n) is 19.2. The van der Waals surface area contributed by atoms with Crippen LogP contribution in [0.2, 0.25) is 0 Å². The van der Waals surface area contributed by atoms with E-state index in [1.165, 1.54) is 37.3 Å². The Bertz CT molecular complexity index is 1050. The summed E-state index contributed by atoms with van der Waals surface area (Å²) in [5, 5.41) is 0. The van der Waals surface area contributed by atoms with E-state index in [0.717, 1.165) is 19.3 Å². The predicted octanol–water partition coefficient (Wildman–Crippen LogP) is 4.89. The van der Waals surface area contributed by atoms with E-state index in [2.05, 4.69) is 40.2 Å². The predicted molar refractivity (Wildman–Crippen MR) is 122 cm³/mol. The van der Waals surface area contributed by atoms with Crippen molar-refractivity contribution in [3.8, 4) is 0 Å². The number of likely N-dealkylation sites (tertiary alicyclic amines) is 1. The molecule has 2 aliphatic heterocycles. The molecule has 1 unspecified atom stereocenters. The van der Waals surface area contributed by atoms with Gasteiger partial charge in [-0.25, -0.2) is 0 Å². The van der Waals surface area contributed by atoms with Gasteiger partial charge in [-0.3, -0.25) is 14.7 Å². The highest BCUT2D eigenvalue weighted by molar-refractivity contribution is 5.83. The molecule has 0 radical (unpaired) electrons. The summed E-state index contributed by atoms with van der Waals surface area (Å²) < 4.78 is 39.2. The van der Waals surface area contributed by atoms with Crippen molar-refractivity contribution in [2.45, 2.75) is 56.8 Å². The molecule has 4 nitrogen and oxygen atoms in total. The molecule has 0 spiro atoms. The van der Waals surface area contributed by atoms with E-state index < -0.39 is 11.7 Å². The van der Waals surface area contributed by atoms with Crippen LogP contribution in [0.5, 0.6) is 0 Å². The van der Waals surface area contributed by atoms with Crippen LogP contribution in [0.25, 0.3) is 0 Å². The van der Waals surface area contributed by atoms with Gasteiger partial charge in [-0.15, -0.1) is 0 Å². The van der Waals surface area contributed by atoms with E-state index in [1.807, 2.05) is 0 Å². The van der Waals surface area contributed by atoms with Crippen LogP contribution in [0.4, 0.5) is 13.2 Å². The number of benzene rings is 1. The molecule has 2 aromatic rings. The molecule has 4 aliphatic rings. The van der Waals surface area contributed by atoms with Crippen LogP contribution >= 0.6 is 0 Å². The van der Waals surface area contributed by atoms with Gasteiger partial charge < -0.3 is 4.90 Å². The highest BCUT2D eigenvalue weighted by Crippen LogP contribution is 2.54. The molecule has 0 N–H and O–H groups in total. The van der Waals surface area contributed by atoms with Crippen LogP contribution in [0, 0.1) is 17.8 Å². The maximum absolute atomic E-state index is 13.2. The minimum Gasteiger partial charge on any atom is -0.338 e. The Kier molecular flexibility index (Phi) is 5.43. The van der Waals surface area contributed by atoms with E-state index in [0.29, 0.717) is 48.0 Å². The largest absolute Gasteiger partial charge is 0.417 e. The SMILES string of the molecule is O=C(C1[C@H]2CN(C3CCC(c4ccccc4)CC3)C[C@@H]12)N1CCc2ncc(C(F)(F)F)cc2C1. The highest BCUT2D eigenvalue weighted by Gasteiger charge is 2.61. The number of carbonyl (C=O) groups excluding carboxylic acids is 1. The Morgan fingerprint density at radius 3 is 2.38 bits per heavy atom. The average molecular weight is 470 g/mol. The second-order valence-electron chi connectivity index (χ2n) is 10.6. The third-order valence-electron chi connectivity index (χ3n) is 8.67. The summed E-state index contributed by atoms with van der Waals surface area (Å²) in [6.07, 6.45) is 1.91. The molecule has 2 aliphatic carbocycles. The maximum Gasteiger partial charge on any atom is 0.417 e. The van der Waals surface area contributed by atoms with Crippen LogP contribution in [-0.4, -0.2) is 46.4 Å². The van der Waals surface area contributed by atoms with Gasteiger partial charge in [0, 0.05) is 56.5 Å². The standard InChI is InChI=1S/C27H30F3N3O/c28-27(29,30)20-12-19-14-32(11-10-24(19)31-13-20)26(34)25-22-15-33(16-23(22)25)21-8-6-18(7-9-21)17-4-2-1-3-5-17/h1-5,12-13,18,21-23,25H,6-11,14-16H2/t18?,21?,22-,23+,25?. The number of alkyl halides is 3. The summed E-state index contributed by atoms with van der Waals surface area (Å²) in [5.74, 6) is 1.68. The van der Waals surface area contributed by atoms with E-state index in [4.69, 9.17) is 0 Å². The minimum absolute atomic E-state index is 0.0530. The van der Waals surface area contributed by atoms with Crippen molar-refractivity contribution < 1.29 is 18.0 Å². The van der Waals surface area contributed by atoms with Crippen LogP contribution in [0.1, 0.15) is 54.0 Å². The summed E-state index contributed by atoms with van der Waals surface area (Å²) in [6.45, 7) is 2.78. The van der Waals surface area contributed by atoms with E-state index >= 15 is 0 Å². The Morgan fingerprint density at radius 1 is 1.00 bits per heavy atom. The van der Waals surface area contributed by atoms with E-state index in [9.17, 15) is 18.0 Å². The number of halogens is 3. The third-order valence-corrected chi connectivity index (χ3v) is 8.67. The zero-order chi connectivity index (χ0) is 23.4. The fraction of sp³-hybridized carbons (Fsp3) is 0.556. The fourth-order valence-corrected chi connectivity index (χ4v) is 6.70. The Morgan fingerprint density at radius 2 is 1.71 bits per heavy atom. The number of nitrogens with zero attached hydrogens (tertiary/aromatic N) is 3. The van der Waals surface area contributed by atoms with Gasteiger partial charge in [0.05, 0.1) is 5.56 Å². The van der Waals surface area contributed by atoms with Gasteiger partial charge in [-0.05, 0) is 60.6 Å². The molecule has 0 bridgehead atoms. The van der Waals surface area contributed by atoms with Gasteiger partial charge in [-0.1, -0.05) is 30.3 Å². The lowest BCUT2D eigenvalue weighted by Crippen LogP contribution is -2.42. The molecule has 7 heteroatoms. The molecular weight excluding hydrogens is 439 g/mol. The first kappa shape index (κ1) is 22.1. The van der Waals surface area contributed by atoms with E-state index in [-0.39, 0.29) is 18.4 Å². The molecule has 6 rings (SSSR count). The Hall–Kier alpha value is -2.41. The molecule has 1 saturated heterocycles. The number of pyridine rings is 1. The fourth-order valence-electron chi connectivity index (χ4n) is 6.70. The topological polar surface area (TPSA) is 36.4 Å². The van der Waals surface area contributed by atoms with Crippen molar-refractivity contribution in [3.63, 3.8) is 0 Å². The van der Waals surface area contributed by atoms with Crippen LogP contribution in [0.3, 0.4) is 0 Å². The summed E-state index contributed by atoms with van der Waals surface area (Å²) >= 11 is 0. The zero-order valence-corrected chi connectivity index (χ0v) is 19.2. The quantitative estimate of drug-likeness (QED) is 0.642. The van der Waals surface area contributed by atoms with E-state index in [1.54, 1.807) is 4.90 Å². The molecular formula is C27H30F3N3O. The van der Waals surface area contributed by atoms with Gasteiger partial charge in [0.2, 0.25) is 5.91 Å². The number of hydrogen-bond donors (Lipinski definition) is 0. The average Bonchev–Trinajstić information content (AvgIpc) is 3.35. The first-order valence-corrected chi connectivity index (χ1v) is 12.5. The summed E-state index contributed by atoms with van der Waals surface area (Å²) in [7, 11) is 0. The second kappa shape index (κ2) is 8.36. The van der Waals surface area contributed by atoms with Gasteiger partial charge in [0.25, 0.3) is 0 Å². The third kappa shape index (κ3) is 4.02. The maximum atomic E-state index is 13.2. The lowest BCUT2D eigenvalue weighted by Gasteiger charge is -2.36. The summed E-state index contributed by atoms with van der Waals surface area (Å²) in [6, 6.07) is 12.6. The number of amides is 1. The van der Waals surface area contributed by atoms with Crippen LogP contribution < -0.4 is 0 Å². The number of rotatable bonds is 3. The van der Waals surface area contributed by atoms with Crippen molar-refractivity contribution in [2.75, 3.05) is 19.6 Å². The first-order valence-electron chi connectivity index (χ1n) is 12.5. The smallest absolute Gasteiger partial charge is 0.338 e. The molecule has 34 heavy (non-hydrogen) atoms. The van der Waals surface area contributed by atoms with Crippen molar-refractivity contribution in [2.24, 2.45) is 17.8 Å². The number of piperidine rings is 1. The molecule has 3 atom stereocenters. The number of aromatic nitrogens is 1. The van der Waals surface area contributed by atoms with Crippen LogP contribution in [0.15, 0.2) is 42.6 Å². The molecule has 1 aromatic carbocycles. The molecule has 2 saturated carbocycles. The van der Waals surface area contributed by atoms with Gasteiger partial charge in [-0.2, -0.15) is 13.2 Å². The molecule has 1 aromatic heterocycles. The van der Waals surface area contributed by atoms with Crippen molar-refractivity contribution in [1.29, 1.82) is 0 Å². The van der Waals surface area contributed by atoms with Crippen molar-refractivity contribution in [3.05, 3.63) is 65.0 Å². The molecule has 1 amide bonds. The van der Waals surface area contributed by atoms with Crippen molar-refractivity contribution in [1.82, 2.24) is 14.8 Å². The van der Waals surface area contributed by atoms with Crippen LogP contribution in [-0.2, 0) is 23.9 Å². The van der Waals surface area contributed by atoms with Gasteiger partial charge in [0.15, 0.2) is 0 Å². The van der Waals surface area contributed by atoms with Gasteiger partial charge >= 0.3 is 6.18 Å². The number of fused-ring (bicyclic) bond motifs is 2. The molecule has 180 valence electrons. The monoisotopic (exact) mass is 469 g/mol. The highest BCUT2D eigenvalue weighted by atomic mass is 19.4. The second-order valence-corrected chi connectivity index (χ2v) is 10.6. The van der Waals surface area contributed by atoms with Gasteiger partial charge in [0.1, 0.15) is 0 Å². The van der Waals surface area contributed by atoms with Crippen molar-refractivity contribution >= 4 is 5.91 Å². The molecule has 3 fully saturated rings. The summed E-state index contributed by atoms with van der Waals surface area (Å²) in [4.78, 5) is 21.6. The normalized spacial score (nSPS) is 31.1.